The zero-order valence-corrected chi connectivity index (χ0v) is 14.3. The Morgan fingerprint density at radius 3 is 3.00 bits per heavy atom. The summed E-state index contributed by atoms with van der Waals surface area (Å²) in [4.78, 5) is 15.4. The number of nitrogens with zero attached hydrogens (tertiary/aromatic N) is 2. The van der Waals surface area contributed by atoms with Crippen molar-refractivity contribution in [3.05, 3.63) is 52.9 Å². The minimum atomic E-state index is -1.17. The van der Waals surface area contributed by atoms with Crippen molar-refractivity contribution in [2.75, 3.05) is 6.54 Å². The first-order valence-corrected chi connectivity index (χ1v) is 7.97. The zero-order chi connectivity index (χ0) is 17.3. The topological polar surface area (TPSA) is 82.9 Å². The third-order valence-electron chi connectivity index (χ3n) is 4.04. The van der Waals surface area contributed by atoms with E-state index in [4.69, 9.17) is 11.6 Å². The van der Waals surface area contributed by atoms with Gasteiger partial charge in [0, 0.05) is 40.9 Å². The second-order valence-corrected chi connectivity index (χ2v) is 6.57. The predicted octanol–water partition coefficient (Wildman–Crippen LogP) is 2.12. The van der Waals surface area contributed by atoms with Gasteiger partial charge in [-0.2, -0.15) is 5.10 Å². The summed E-state index contributed by atoms with van der Waals surface area (Å²) in [5.41, 5.74) is 1.28. The van der Waals surface area contributed by atoms with Crippen LogP contribution < -0.4 is 5.32 Å². The van der Waals surface area contributed by atoms with Crippen molar-refractivity contribution in [2.45, 2.75) is 18.9 Å². The van der Waals surface area contributed by atoms with Crippen LogP contribution in [-0.2, 0) is 23.9 Å². The summed E-state index contributed by atoms with van der Waals surface area (Å²) in [6, 6.07) is 5.52. The second-order valence-electron chi connectivity index (χ2n) is 6.13. The molecule has 1 amide bonds. The number of amides is 1. The fourth-order valence-corrected chi connectivity index (χ4v) is 2.78. The van der Waals surface area contributed by atoms with Crippen LogP contribution in [-0.4, -0.2) is 32.3 Å². The van der Waals surface area contributed by atoms with Crippen molar-refractivity contribution in [1.29, 1.82) is 0 Å². The average molecular weight is 347 g/mol. The highest BCUT2D eigenvalue weighted by Crippen LogP contribution is 2.23. The number of aryl methyl sites for hydroxylation is 1. The monoisotopic (exact) mass is 346 g/mol. The maximum Gasteiger partial charge on any atom is 0.224 e. The molecule has 3 aromatic rings. The lowest BCUT2D eigenvalue weighted by Crippen LogP contribution is -2.39. The molecule has 1 unspecified atom stereocenters. The molecule has 2 heterocycles. The quantitative estimate of drug-likeness (QED) is 0.661. The van der Waals surface area contributed by atoms with Crippen molar-refractivity contribution in [3.63, 3.8) is 0 Å². The summed E-state index contributed by atoms with van der Waals surface area (Å²) in [6.45, 7) is 1.76. The van der Waals surface area contributed by atoms with E-state index >= 15 is 0 Å². The van der Waals surface area contributed by atoms with Crippen molar-refractivity contribution in [1.82, 2.24) is 20.1 Å². The van der Waals surface area contributed by atoms with Gasteiger partial charge in [0.25, 0.3) is 0 Å². The Morgan fingerprint density at radius 1 is 1.50 bits per heavy atom. The van der Waals surface area contributed by atoms with Gasteiger partial charge < -0.3 is 15.4 Å². The Balaban J connectivity index is 1.66. The third-order valence-corrected chi connectivity index (χ3v) is 4.27. The van der Waals surface area contributed by atoms with E-state index in [1.165, 1.54) is 0 Å². The van der Waals surface area contributed by atoms with Gasteiger partial charge in [0.1, 0.15) is 5.60 Å². The molecule has 126 valence electrons. The Labute approximate surface area is 144 Å². The molecular weight excluding hydrogens is 328 g/mol. The summed E-state index contributed by atoms with van der Waals surface area (Å²) in [5, 5.41) is 18.9. The van der Waals surface area contributed by atoms with Gasteiger partial charge in [0.15, 0.2) is 0 Å². The number of hydrogen-bond donors (Lipinski definition) is 3. The van der Waals surface area contributed by atoms with Gasteiger partial charge in [-0.15, -0.1) is 0 Å². The number of aliphatic hydroxyl groups is 1. The van der Waals surface area contributed by atoms with Crippen LogP contribution in [0.3, 0.4) is 0 Å². The molecule has 2 aromatic heterocycles. The van der Waals surface area contributed by atoms with E-state index in [1.807, 2.05) is 12.1 Å². The smallest absolute Gasteiger partial charge is 0.224 e. The van der Waals surface area contributed by atoms with E-state index < -0.39 is 5.60 Å². The van der Waals surface area contributed by atoms with E-state index in [9.17, 15) is 9.90 Å². The number of rotatable bonds is 5. The first-order chi connectivity index (χ1) is 11.3. The molecule has 0 bridgehead atoms. The number of benzene rings is 1. The zero-order valence-electron chi connectivity index (χ0n) is 13.5. The minimum absolute atomic E-state index is 0.112. The van der Waals surface area contributed by atoms with Gasteiger partial charge in [-0.3, -0.25) is 9.48 Å². The van der Waals surface area contributed by atoms with Gasteiger partial charge in [0.2, 0.25) is 5.91 Å². The van der Waals surface area contributed by atoms with Crippen LogP contribution in [0.25, 0.3) is 10.9 Å². The summed E-state index contributed by atoms with van der Waals surface area (Å²) in [6.07, 6.45) is 5.34. The van der Waals surface area contributed by atoms with E-state index in [0.717, 1.165) is 16.5 Å². The number of aromatic amines is 1. The molecule has 6 nitrogen and oxygen atoms in total. The first kappa shape index (κ1) is 16.5. The second kappa shape index (κ2) is 6.30. The highest BCUT2D eigenvalue weighted by Gasteiger charge is 2.25. The molecule has 0 spiro atoms. The molecule has 24 heavy (non-hydrogen) atoms. The Hall–Kier alpha value is -2.31. The third kappa shape index (κ3) is 3.44. The summed E-state index contributed by atoms with van der Waals surface area (Å²) >= 11 is 6.02. The van der Waals surface area contributed by atoms with Crippen molar-refractivity contribution >= 4 is 28.4 Å². The van der Waals surface area contributed by atoms with Gasteiger partial charge in [-0.25, -0.2) is 0 Å². The van der Waals surface area contributed by atoms with E-state index in [0.29, 0.717) is 10.6 Å². The number of halogens is 1. The molecular formula is C17H19ClN4O2. The molecule has 0 saturated carbocycles. The number of aromatic nitrogens is 3. The first-order valence-electron chi connectivity index (χ1n) is 7.59. The Bertz CT molecular complexity index is 882. The summed E-state index contributed by atoms with van der Waals surface area (Å²) < 4.78 is 1.61. The van der Waals surface area contributed by atoms with E-state index in [1.54, 1.807) is 43.3 Å². The molecule has 0 aliphatic heterocycles. The summed E-state index contributed by atoms with van der Waals surface area (Å²) in [5.74, 6) is -0.167. The van der Waals surface area contributed by atoms with Crippen molar-refractivity contribution in [3.8, 4) is 0 Å². The Morgan fingerprint density at radius 2 is 2.29 bits per heavy atom. The number of nitrogens with one attached hydrogen (secondary N) is 2. The molecule has 3 N–H and O–H groups in total. The number of carbonyl (C=O) groups is 1. The molecule has 0 aliphatic rings. The lowest BCUT2D eigenvalue weighted by atomic mass is 9.99. The SMILES string of the molecule is Cn1cc(C(C)(O)CNC(=O)Cc2c[nH]c3ccc(Cl)cc23)cn1. The lowest BCUT2D eigenvalue weighted by molar-refractivity contribution is -0.121. The molecule has 1 aromatic carbocycles. The Kier molecular flexibility index (Phi) is 4.34. The molecule has 0 saturated heterocycles. The summed E-state index contributed by atoms with van der Waals surface area (Å²) in [7, 11) is 1.78. The van der Waals surface area contributed by atoms with Gasteiger partial charge in [0.05, 0.1) is 19.2 Å². The molecule has 0 fully saturated rings. The molecule has 7 heteroatoms. The highest BCUT2D eigenvalue weighted by atomic mass is 35.5. The minimum Gasteiger partial charge on any atom is -0.383 e. The average Bonchev–Trinajstić information content (AvgIpc) is 3.13. The van der Waals surface area contributed by atoms with E-state index in [-0.39, 0.29) is 18.9 Å². The molecule has 1 atom stereocenters. The molecule has 0 radical (unpaired) electrons. The molecule has 0 aliphatic carbocycles. The van der Waals surface area contributed by atoms with Gasteiger partial charge in [-0.05, 0) is 30.7 Å². The van der Waals surface area contributed by atoms with Crippen molar-refractivity contribution in [2.24, 2.45) is 7.05 Å². The van der Waals surface area contributed by atoms with Crippen LogP contribution in [0.15, 0.2) is 36.8 Å². The normalized spacial score (nSPS) is 13.8. The van der Waals surface area contributed by atoms with Crippen LogP contribution in [0.1, 0.15) is 18.1 Å². The predicted molar refractivity (Wildman–Crippen MR) is 92.8 cm³/mol. The largest absolute Gasteiger partial charge is 0.383 e. The van der Waals surface area contributed by atoms with Gasteiger partial charge >= 0.3 is 0 Å². The number of H-pyrrole nitrogens is 1. The number of carbonyl (C=O) groups excluding carboxylic acids is 1. The molecule has 3 rings (SSSR count). The standard InChI is InChI=1S/C17H19ClN4O2/c1-17(24,12-8-21-22(2)9-12)10-20-16(23)5-11-7-19-15-4-3-13(18)6-14(11)15/h3-4,6-9,19,24H,5,10H2,1-2H3,(H,20,23). The number of hydrogen-bond acceptors (Lipinski definition) is 3. The van der Waals surface area contributed by atoms with Crippen LogP contribution in [0.5, 0.6) is 0 Å². The maximum atomic E-state index is 12.2. The lowest BCUT2D eigenvalue weighted by Gasteiger charge is -2.22. The van der Waals surface area contributed by atoms with Crippen LogP contribution >= 0.6 is 11.6 Å². The van der Waals surface area contributed by atoms with E-state index in [2.05, 4.69) is 15.4 Å². The number of fused-ring (bicyclic) bond motifs is 1. The van der Waals surface area contributed by atoms with Gasteiger partial charge in [-0.1, -0.05) is 11.6 Å². The fraction of sp³-hybridized carbons (Fsp3) is 0.294. The van der Waals surface area contributed by atoms with Crippen LogP contribution in [0, 0.1) is 0 Å². The van der Waals surface area contributed by atoms with Crippen LogP contribution in [0.2, 0.25) is 5.02 Å². The highest BCUT2D eigenvalue weighted by molar-refractivity contribution is 6.31. The van der Waals surface area contributed by atoms with Crippen LogP contribution in [0.4, 0.5) is 0 Å². The van der Waals surface area contributed by atoms with Crippen molar-refractivity contribution < 1.29 is 9.90 Å². The maximum absolute atomic E-state index is 12.2. The fourth-order valence-electron chi connectivity index (χ4n) is 2.60.